The molecule has 9 heteroatoms. The van der Waals surface area contributed by atoms with E-state index < -0.39 is 23.7 Å². The number of carboxylic acid groups (broad SMARTS) is 1. The van der Waals surface area contributed by atoms with Gasteiger partial charge in [-0.25, -0.2) is 14.0 Å². The number of aromatic nitrogens is 1. The lowest BCUT2D eigenvalue weighted by Gasteiger charge is -2.12. The van der Waals surface area contributed by atoms with Crippen LogP contribution in [0.1, 0.15) is 27.4 Å². The number of para-hydroxylation sites is 1. The number of carboxylic acids is 1. The van der Waals surface area contributed by atoms with E-state index in [1.807, 2.05) is 28.8 Å². The molecule has 0 spiro atoms. The molecule has 3 amide bonds. The van der Waals surface area contributed by atoms with Crippen molar-refractivity contribution in [1.29, 1.82) is 0 Å². The summed E-state index contributed by atoms with van der Waals surface area (Å²) in [6, 6.07) is 15.8. The van der Waals surface area contributed by atoms with E-state index in [0.717, 1.165) is 15.8 Å². The van der Waals surface area contributed by atoms with Crippen LogP contribution in [0.4, 0.5) is 9.18 Å². The smallest absolute Gasteiger partial charge is 0.371 e. The molecule has 1 fully saturated rings. The number of aromatic carboxylic acids is 1. The van der Waals surface area contributed by atoms with Gasteiger partial charge in [0.15, 0.2) is 0 Å². The number of rotatable bonds is 6. The number of urea groups is 1. The normalized spacial score (nSPS) is 14.9. The first-order valence-electron chi connectivity index (χ1n) is 10.4. The Kier molecular flexibility index (Phi) is 5.21. The van der Waals surface area contributed by atoms with E-state index in [-0.39, 0.29) is 30.1 Å². The average Bonchev–Trinajstić information content (AvgIpc) is 3.50. The summed E-state index contributed by atoms with van der Waals surface area (Å²) in [6.07, 6.45) is 3.37. The Balaban J connectivity index is 1.45. The zero-order valence-electron chi connectivity index (χ0n) is 17.7. The predicted molar refractivity (Wildman–Crippen MR) is 120 cm³/mol. The lowest BCUT2D eigenvalue weighted by atomic mass is 10.1. The highest BCUT2D eigenvalue weighted by Gasteiger charge is 2.34. The Bertz CT molecular complexity index is 1480. The minimum absolute atomic E-state index is 0.0791. The summed E-state index contributed by atoms with van der Waals surface area (Å²) in [6.45, 7) is 0.0948. The third kappa shape index (κ3) is 3.83. The molecular formula is C25H18FN3O5. The fourth-order valence-electron chi connectivity index (χ4n) is 3.93. The van der Waals surface area contributed by atoms with Crippen molar-refractivity contribution >= 4 is 34.9 Å². The van der Waals surface area contributed by atoms with Crippen molar-refractivity contribution in [3.8, 4) is 0 Å². The molecule has 170 valence electrons. The topological polar surface area (TPSA) is 105 Å². The van der Waals surface area contributed by atoms with Crippen LogP contribution in [0.5, 0.6) is 0 Å². The number of carbonyl (C=O) groups is 3. The molecule has 2 aromatic heterocycles. The Morgan fingerprint density at radius 1 is 1.03 bits per heavy atom. The number of furan rings is 1. The first kappa shape index (κ1) is 21.2. The Labute approximate surface area is 192 Å². The number of hydrogen-bond donors (Lipinski definition) is 2. The monoisotopic (exact) mass is 459 g/mol. The maximum atomic E-state index is 14.0. The van der Waals surface area contributed by atoms with Crippen LogP contribution in [-0.4, -0.2) is 32.5 Å². The molecule has 8 nitrogen and oxygen atoms in total. The molecule has 0 unspecified atom stereocenters. The van der Waals surface area contributed by atoms with Gasteiger partial charge in [-0.15, -0.1) is 0 Å². The average molecular weight is 459 g/mol. The van der Waals surface area contributed by atoms with Crippen LogP contribution in [-0.2, 0) is 17.9 Å². The maximum absolute atomic E-state index is 14.0. The molecule has 0 saturated carbocycles. The van der Waals surface area contributed by atoms with Gasteiger partial charge in [0.25, 0.3) is 5.91 Å². The summed E-state index contributed by atoms with van der Waals surface area (Å²) in [4.78, 5) is 37.4. The minimum atomic E-state index is -1.15. The van der Waals surface area contributed by atoms with E-state index in [2.05, 4.69) is 5.32 Å². The molecule has 2 N–H and O–H groups in total. The third-order valence-electron chi connectivity index (χ3n) is 5.57. The highest BCUT2D eigenvalue weighted by Crippen LogP contribution is 2.26. The Morgan fingerprint density at radius 3 is 2.56 bits per heavy atom. The summed E-state index contributed by atoms with van der Waals surface area (Å²) in [5.41, 5.74) is 1.83. The molecule has 0 bridgehead atoms. The predicted octanol–water partition coefficient (Wildman–Crippen LogP) is 4.21. The molecule has 0 aliphatic carbocycles. The van der Waals surface area contributed by atoms with Crippen LogP contribution >= 0.6 is 0 Å². The van der Waals surface area contributed by atoms with Crippen molar-refractivity contribution in [1.82, 2.24) is 14.8 Å². The van der Waals surface area contributed by atoms with Crippen molar-refractivity contribution in [3.05, 3.63) is 101 Å². The number of imide groups is 1. The van der Waals surface area contributed by atoms with Gasteiger partial charge in [-0.05, 0) is 30.3 Å². The number of carbonyl (C=O) groups excluding carboxylic acids is 2. The summed E-state index contributed by atoms with van der Waals surface area (Å²) in [5.74, 6) is -1.89. The van der Waals surface area contributed by atoms with E-state index >= 15 is 0 Å². The number of amides is 3. The van der Waals surface area contributed by atoms with Crippen LogP contribution in [0, 0.1) is 5.82 Å². The number of benzene rings is 2. The molecule has 1 aliphatic rings. The van der Waals surface area contributed by atoms with Gasteiger partial charge in [0.1, 0.15) is 17.3 Å². The summed E-state index contributed by atoms with van der Waals surface area (Å²) < 4.78 is 21.2. The Hall–Kier alpha value is -4.66. The first-order valence-corrected chi connectivity index (χ1v) is 10.4. The highest BCUT2D eigenvalue weighted by atomic mass is 19.1. The van der Waals surface area contributed by atoms with E-state index in [4.69, 9.17) is 9.52 Å². The second-order valence-electron chi connectivity index (χ2n) is 7.77. The van der Waals surface area contributed by atoms with Gasteiger partial charge in [0.2, 0.25) is 5.76 Å². The van der Waals surface area contributed by atoms with Crippen molar-refractivity contribution in [2.24, 2.45) is 0 Å². The molecular weight excluding hydrogens is 441 g/mol. The maximum Gasteiger partial charge on any atom is 0.371 e. The minimum Gasteiger partial charge on any atom is -0.475 e. The fraction of sp³-hybridized carbons (Fsp3) is 0.0800. The first-order chi connectivity index (χ1) is 16.4. The van der Waals surface area contributed by atoms with Gasteiger partial charge in [-0.1, -0.05) is 36.4 Å². The molecule has 1 aliphatic heterocycles. The van der Waals surface area contributed by atoms with Gasteiger partial charge in [0, 0.05) is 28.2 Å². The van der Waals surface area contributed by atoms with Crippen LogP contribution in [0.2, 0.25) is 0 Å². The van der Waals surface area contributed by atoms with Gasteiger partial charge in [-0.3, -0.25) is 9.69 Å². The number of halogens is 1. The standard InChI is InChI=1S/C25H18FN3O5/c26-19-7-3-1-5-15(19)13-29-23(30)20(27-25(29)33)11-16-12-28(21-8-4-2-6-18(16)21)14-17-9-10-22(34-17)24(31)32/h1-12H,13-14H2,(H,27,33)(H,31,32). The summed E-state index contributed by atoms with van der Waals surface area (Å²) in [5, 5.41) is 12.5. The molecule has 4 aromatic rings. The molecule has 3 heterocycles. The number of fused-ring (bicyclic) bond motifs is 1. The SMILES string of the molecule is O=C(O)c1ccc(Cn2cc(C=C3NC(=O)N(Cc4ccccc4F)C3=O)c3ccccc32)o1. The van der Waals surface area contributed by atoms with E-state index in [0.29, 0.717) is 11.3 Å². The van der Waals surface area contributed by atoms with Crippen LogP contribution < -0.4 is 5.32 Å². The quantitative estimate of drug-likeness (QED) is 0.332. The molecule has 34 heavy (non-hydrogen) atoms. The molecule has 2 aromatic carbocycles. The largest absolute Gasteiger partial charge is 0.475 e. The number of hydrogen-bond acceptors (Lipinski definition) is 4. The molecule has 5 rings (SSSR count). The second-order valence-corrected chi connectivity index (χ2v) is 7.77. The zero-order chi connectivity index (χ0) is 23.8. The van der Waals surface area contributed by atoms with E-state index in [1.165, 1.54) is 24.3 Å². The van der Waals surface area contributed by atoms with Crippen molar-refractivity contribution in [2.45, 2.75) is 13.1 Å². The van der Waals surface area contributed by atoms with Crippen molar-refractivity contribution in [2.75, 3.05) is 0 Å². The van der Waals surface area contributed by atoms with Gasteiger partial charge in [0.05, 0.1) is 13.1 Å². The van der Waals surface area contributed by atoms with Gasteiger partial charge in [-0.2, -0.15) is 0 Å². The zero-order valence-corrected chi connectivity index (χ0v) is 17.7. The number of nitrogens with zero attached hydrogens (tertiary/aromatic N) is 2. The fourth-order valence-corrected chi connectivity index (χ4v) is 3.93. The molecule has 0 radical (unpaired) electrons. The number of nitrogens with one attached hydrogen (secondary N) is 1. The van der Waals surface area contributed by atoms with Gasteiger partial charge < -0.3 is 19.4 Å². The second kappa shape index (κ2) is 8.36. The summed E-state index contributed by atoms with van der Waals surface area (Å²) in [7, 11) is 0. The lowest BCUT2D eigenvalue weighted by molar-refractivity contribution is -0.123. The van der Waals surface area contributed by atoms with E-state index in [9.17, 15) is 18.8 Å². The highest BCUT2D eigenvalue weighted by molar-refractivity contribution is 6.14. The molecule has 0 atom stereocenters. The third-order valence-corrected chi connectivity index (χ3v) is 5.57. The lowest BCUT2D eigenvalue weighted by Crippen LogP contribution is -2.30. The van der Waals surface area contributed by atoms with Crippen LogP contribution in [0.3, 0.4) is 0 Å². The van der Waals surface area contributed by atoms with Gasteiger partial charge >= 0.3 is 12.0 Å². The Morgan fingerprint density at radius 2 is 1.79 bits per heavy atom. The van der Waals surface area contributed by atoms with Crippen molar-refractivity contribution in [3.63, 3.8) is 0 Å². The molecule has 1 saturated heterocycles. The summed E-state index contributed by atoms with van der Waals surface area (Å²) >= 11 is 0. The van der Waals surface area contributed by atoms with E-state index in [1.54, 1.807) is 24.4 Å². The van der Waals surface area contributed by atoms with Crippen LogP contribution in [0.15, 0.2) is 77.0 Å². The van der Waals surface area contributed by atoms with Crippen LogP contribution in [0.25, 0.3) is 17.0 Å². The van der Waals surface area contributed by atoms with Crippen molar-refractivity contribution < 1.29 is 28.3 Å².